The average molecular weight is 432 g/mol. The molecule has 19 heavy (non-hydrogen) atoms. The minimum atomic E-state index is -5.17. The van der Waals surface area contributed by atoms with Crippen molar-refractivity contribution in [1.82, 2.24) is 0 Å². The van der Waals surface area contributed by atoms with E-state index in [-0.39, 0.29) is 34.1 Å². The molecule has 0 aliphatic heterocycles. The number of rotatable bonds is 0. The Labute approximate surface area is 130 Å². The predicted molar refractivity (Wildman–Crippen MR) is 39.6 cm³/mol. The topological polar surface area (TPSA) is 261 Å². The second kappa shape index (κ2) is 16.7. The number of hydrogen-bond donors (Lipinski definition) is 1. The van der Waals surface area contributed by atoms with Crippen LogP contribution < -0.4 is 0 Å². The van der Waals surface area contributed by atoms with E-state index >= 15 is 0 Å². The Bertz CT molecular complexity index is 347. The van der Waals surface area contributed by atoms with Gasteiger partial charge in [-0.15, -0.1) is 0 Å². The fourth-order valence-electron chi connectivity index (χ4n) is 0. The second-order valence-corrected chi connectivity index (χ2v) is 3.67. The van der Waals surface area contributed by atoms with E-state index in [1.165, 1.54) is 0 Å². The molecule has 0 amide bonds. The van der Waals surface area contributed by atoms with Crippen molar-refractivity contribution in [2.75, 3.05) is 7.11 Å². The maximum atomic E-state index is 8.52. The van der Waals surface area contributed by atoms with Crippen LogP contribution >= 0.6 is 0 Å². The summed E-state index contributed by atoms with van der Waals surface area (Å²) in [5, 5.41) is 7.00. The minimum absolute atomic E-state index is 0. The van der Waals surface area contributed by atoms with Gasteiger partial charge in [-0.25, -0.2) is 0 Å². The molecule has 0 aliphatic carbocycles. The quantitative estimate of drug-likeness (QED) is 0.215. The van der Waals surface area contributed by atoms with E-state index in [2.05, 4.69) is 0 Å². The summed E-state index contributed by atoms with van der Waals surface area (Å²) in [7, 11) is -14.5. The van der Waals surface area contributed by atoms with E-state index < -0.39 is 31.2 Å². The molecule has 0 aliphatic rings. The van der Waals surface area contributed by atoms with Crippen molar-refractivity contribution in [2.45, 2.75) is 0 Å². The maximum Gasteiger partial charge on any atom is 3.00 e. The zero-order valence-electron chi connectivity index (χ0n) is 8.28. The van der Waals surface area contributed by atoms with Crippen LogP contribution in [0.2, 0.25) is 0 Å². The van der Waals surface area contributed by atoms with Gasteiger partial charge in [0.2, 0.25) is 0 Å². The molecule has 0 heterocycles. The van der Waals surface area contributed by atoms with Crippen LogP contribution in [0.4, 0.5) is 0 Å². The van der Waals surface area contributed by atoms with Gasteiger partial charge in [0.15, 0.2) is 0 Å². The standard InChI is InChI=1S/CH4O.2Fe.3H2O4S/c1-2;;;3*1-5(2,3)4/h2H,1H3;;;3*(H2,1,2,3,4)/q;2*+3;;;/p-6. The molecule has 2 radical (unpaired) electrons. The molecule has 120 valence electrons. The van der Waals surface area contributed by atoms with Crippen LogP contribution in [-0.2, 0) is 65.3 Å². The van der Waals surface area contributed by atoms with Gasteiger partial charge in [-0.3, -0.25) is 25.3 Å². The van der Waals surface area contributed by atoms with Gasteiger partial charge in [0.1, 0.15) is 0 Å². The summed E-state index contributed by atoms with van der Waals surface area (Å²) in [6.45, 7) is 0. The molecular formula is CH4Fe2O13S3. The Kier molecular flexibility index (Phi) is 32.2. The van der Waals surface area contributed by atoms with E-state index in [1.54, 1.807) is 0 Å². The normalized spacial score (nSPS) is 9.47. The first-order valence-corrected chi connectivity index (χ1v) is 6.45. The molecule has 0 saturated carbocycles. The van der Waals surface area contributed by atoms with Crippen molar-refractivity contribution in [3.05, 3.63) is 0 Å². The zero-order chi connectivity index (χ0) is 15.5. The van der Waals surface area contributed by atoms with Gasteiger partial charge in [-0.1, -0.05) is 0 Å². The van der Waals surface area contributed by atoms with Gasteiger partial charge in [-0.05, 0) is 0 Å². The monoisotopic (exact) mass is 432 g/mol. The van der Waals surface area contributed by atoms with Crippen molar-refractivity contribution in [2.24, 2.45) is 0 Å². The van der Waals surface area contributed by atoms with Crippen molar-refractivity contribution in [1.29, 1.82) is 0 Å². The van der Waals surface area contributed by atoms with Crippen molar-refractivity contribution in [3.63, 3.8) is 0 Å². The smallest absolute Gasteiger partial charge is 0.759 e. The summed E-state index contributed by atoms with van der Waals surface area (Å²) in [6.07, 6.45) is 0. The van der Waals surface area contributed by atoms with Crippen LogP contribution in [0.15, 0.2) is 0 Å². The molecular weight excluding hydrogens is 428 g/mol. The third-order valence-electron chi connectivity index (χ3n) is 0. The summed E-state index contributed by atoms with van der Waals surface area (Å²) in [4.78, 5) is 0. The van der Waals surface area contributed by atoms with E-state index in [0.29, 0.717) is 0 Å². The van der Waals surface area contributed by atoms with Crippen LogP contribution in [0, 0.1) is 0 Å². The summed E-state index contributed by atoms with van der Waals surface area (Å²) >= 11 is 0. The Morgan fingerprint density at radius 2 is 0.526 bits per heavy atom. The van der Waals surface area contributed by atoms with Gasteiger partial charge in [-0.2, -0.15) is 0 Å². The number of hydrogen-bond acceptors (Lipinski definition) is 13. The molecule has 0 aromatic carbocycles. The SMILES string of the molecule is CO.O=S(=O)([O-])[O-].O=S(=O)([O-])[O-].O=S(=O)([O-])[O-].[Fe+3].[Fe+3]. The summed E-state index contributed by atoms with van der Waals surface area (Å²) in [5.74, 6) is 0. The molecule has 1 N–H and O–H groups in total. The van der Waals surface area contributed by atoms with Gasteiger partial charge in [0.05, 0.1) is 0 Å². The zero-order valence-corrected chi connectivity index (χ0v) is 12.9. The molecule has 0 aromatic rings. The third-order valence-corrected chi connectivity index (χ3v) is 0. The van der Waals surface area contributed by atoms with Crippen LogP contribution in [-0.4, -0.2) is 64.8 Å². The Morgan fingerprint density at radius 3 is 0.526 bits per heavy atom. The predicted octanol–water partition coefficient (Wildman–Crippen LogP) is -4.41. The summed E-state index contributed by atoms with van der Waals surface area (Å²) in [6, 6.07) is 0. The van der Waals surface area contributed by atoms with E-state index in [1.807, 2.05) is 0 Å². The molecule has 13 nitrogen and oxygen atoms in total. The van der Waals surface area contributed by atoms with Crippen molar-refractivity contribution >= 4 is 31.2 Å². The van der Waals surface area contributed by atoms with Crippen molar-refractivity contribution < 1.29 is 91.8 Å². The van der Waals surface area contributed by atoms with E-state index in [9.17, 15) is 0 Å². The molecule has 0 bridgehead atoms. The van der Waals surface area contributed by atoms with Crippen molar-refractivity contribution in [3.8, 4) is 0 Å². The van der Waals surface area contributed by atoms with Gasteiger partial charge in [0, 0.05) is 38.3 Å². The second-order valence-electron chi connectivity index (χ2n) is 1.22. The Morgan fingerprint density at radius 1 is 0.526 bits per heavy atom. The maximum absolute atomic E-state index is 8.52. The number of aliphatic hydroxyl groups excluding tert-OH is 1. The Balaban J connectivity index is -0.0000000298. The van der Waals surface area contributed by atoms with Crippen LogP contribution in [0.1, 0.15) is 0 Å². The third kappa shape index (κ3) is 13800. The first-order chi connectivity index (χ1) is 7.00. The molecule has 0 aromatic heterocycles. The molecule has 0 fully saturated rings. The van der Waals surface area contributed by atoms with Gasteiger partial charge in [0.25, 0.3) is 0 Å². The Hall–Kier alpha value is 0.609. The van der Waals surface area contributed by atoms with Gasteiger partial charge < -0.3 is 32.4 Å². The fourth-order valence-corrected chi connectivity index (χ4v) is 0. The summed E-state index contributed by atoms with van der Waals surface area (Å²) in [5.41, 5.74) is 0. The van der Waals surface area contributed by atoms with Crippen LogP contribution in [0.5, 0.6) is 0 Å². The average Bonchev–Trinajstić information content (AvgIpc) is 1.77. The van der Waals surface area contributed by atoms with Crippen LogP contribution in [0.25, 0.3) is 0 Å². The van der Waals surface area contributed by atoms with E-state index in [0.717, 1.165) is 7.11 Å². The van der Waals surface area contributed by atoms with Crippen LogP contribution in [0.3, 0.4) is 0 Å². The number of aliphatic hydroxyl groups is 1. The molecule has 0 rings (SSSR count). The molecule has 0 unspecified atom stereocenters. The molecule has 0 saturated heterocycles. The first-order valence-electron chi connectivity index (χ1n) is 2.45. The first kappa shape index (κ1) is 36.7. The molecule has 0 atom stereocenters. The largest absolute Gasteiger partial charge is 3.00 e. The fraction of sp³-hybridized carbons (Fsp3) is 1.00. The van der Waals surface area contributed by atoms with E-state index in [4.69, 9.17) is 57.7 Å². The summed E-state index contributed by atoms with van der Waals surface area (Å²) < 4.78 is 102. The van der Waals surface area contributed by atoms with Gasteiger partial charge >= 0.3 is 34.1 Å². The molecule has 18 heteroatoms. The molecule has 0 spiro atoms. The minimum Gasteiger partial charge on any atom is -0.759 e.